The van der Waals surface area contributed by atoms with Gasteiger partial charge in [0.2, 0.25) is 0 Å². The predicted octanol–water partition coefficient (Wildman–Crippen LogP) is 4.99. The zero-order valence-corrected chi connectivity index (χ0v) is 14.8. The average molecular weight is 356 g/mol. The topological polar surface area (TPSA) is 50.1 Å². The molecular formula is C20H22ClN3O. The molecule has 4 nitrogen and oxygen atoms in total. The van der Waals surface area contributed by atoms with Gasteiger partial charge < -0.3 is 15.1 Å². The zero-order valence-electron chi connectivity index (χ0n) is 14.0. The Morgan fingerprint density at radius 3 is 2.72 bits per heavy atom. The fourth-order valence-electron chi connectivity index (χ4n) is 3.57. The first-order valence-electron chi connectivity index (χ1n) is 8.84. The highest BCUT2D eigenvalue weighted by molar-refractivity contribution is 6.31. The number of hydrogen-bond donors (Lipinski definition) is 2. The molecule has 1 fully saturated rings. The zero-order chi connectivity index (χ0) is 17.1. The van der Waals surface area contributed by atoms with E-state index in [1.165, 1.54) is 12.8 Å². The van der Waals surface area contributed by atoms with E-state index < -0.39 is 0 Å². The van der Waals surface area contributed by atoms with E-state index in [1.54, 1.807) is 6.26 Å². The monoisotopic (exact) mass is 355 g/mol. The summed E-state index contributed by atoms with van der Waals surface area (Å²) >= 11 is 6.07. The van der Waals surface area contributed by atoms with Crippen LogP contribution in [-0.4, -0.2) is 17.1 Å². The van der Waals surface area contributed by atoms with E-state index in [0.717, 1.165) is 46.8 Å². The molecule has 0 unspecified atom stereocenters. The van der Waals surface area contributed by atoms with Crippen LogP contribution in [0.25, 0.3) is 10.9 Å². The number of nitrogens with one attached hydrogen (secondary N) is 2. The van der Waals surface area contributed by atoms with Gasteiger partial charge in [-0.25, -0.2) is 0 Å². The van der Waals surface area contributed by atoms with Crippen LogP contribution in [0.3, 0.4) is 0 Å². The van der Waals surface area contributed by atoms with Gasteiger partial charge in [-0.3, -0.25) is 4.98 Å². The number of nitrogens with zero attached hydrogens (tertiary/aromatic N) is 1. The van der Waals surface area contributed by atoms with Crippen molar-refractivity contribution in [1.82, 2.24) is 10.3 Å². The Morgan fingerprint density at radius 2 is 1.92 bits per heavy atom. The number of anilines is 1. The maximum absolute atomic E-state index is 6.07. The number of hydrogen-bond acceptors (Lipinski definition) is 4. The summed E-state index contributed by atoms with van der Waals surface area (Å²) in [5.41, 5.74) is 2.08. The lowest BCUT2D eigenvalue weighted by atomic mass is 9.91. The van der Waals surface area contributed by atoms with Crippen LogP contribution in [-0.2, 0) is 6.54 Å². The van der Waals surface area contributed by atoms with E-state index in [4.69, 9.17) is 16.0 Å². The second-order valence-electron chi connectivity index (χ2n) is 6.67. The lowest BCUT2D eigenvalue weighted by Crippen LogP contribution is -2.36. The van der Waals surface area contributed by atoms with E-state index in [0.29, 0.717) is 12.1 Å². The van der Waals surface area contributed by atoms with Crippen molar-refractivity contribution in [3.8, 4) is 0 Å². The number of furan rings is 1. The summed E-state index contributed by atoms with van der Waals surface area (Å²) < 4.78 is 5.38. The number of aromatic nitrogens is 1. The molecule has 1 aromatic carbocycles. The Morgan fingerprint density at radius 1 is 1.08 bits per heavy atom. The largest absolute Gasteiger partial charge is 0.468 e. The Labute approximate surface area is 152 Å². The van der Waals surface area contributed by atoms with E-state index in [2.05, 4.69) is 21.7 Å². The number of rotatable bonds is 5. The summed E-state index contributed by atoms with van der Waals surface area (Å²) in [5, 5.41) is 9.15. The van der Waals surface area contributed by atoms with Gasteiger partial charge >= 0.3 is 0 Å². The molecule has 0 amide bonds. The Kier molecular flexibility index (Phi) is 4.90. The molecule has 3 aromatic rings. The SMILES string of the molecule is Clc1ccc2c(NC3CCC(NCc4ccco4)CC3)ccnc2c1. The van der Waals surface area contributed by atoms with Crippen molar-refractivity contribution in [3.63, 3.8) is 0 Å². The van der Waals surface area contributed by atoms with Crippen molar-refractivity contribution in [3.05, 3.63) is 59.6 Å². The molecular weight excluding hydrogens is 334 g/mol. The fraction of sp³-hybridized carbons (Fsp3) is 0.350. The van der Waals surface area contributed by atoms with Crippen molar-refractivity contribution in [2.24, 2.45) is 0 Å². The van der Waals surface area contributed by atoms with E-state index in [1.807, 2.05) is 36.5 Å². The molecule has 1 aliphatic carbocycles. The molecule has 5 heteroatoms. The van der Waals surface area contributed by atoms with Gasteiger partial charge in [0.15, 0.2) is 0 Å². The third kappa shape index (κ3) is 3.97. The van der Waals surface area contributed by atoms with Gasteiger partial charge in [-0.2, -0.15) is 0 Å². The van der Waals surface area contributed by atoms with Crippen molar-refractivity contribution >= 4 is 28.2 Å². The molecule has 2 aromatic heterocycles. The van der Waals surface area contributed by atoms with Crippen LogP contribution >= 0.6 is 11.6 Å². The lowest BCUT2D eigenvalue weighted by molar-refractivity contribution is 0.341. The Balaban J connectivity index is 1.34. The van der Waals surface area contributed by atoms with Gasteiger partial charge in [0.1, 0.15) is 5.76 Å². The van der Waals surface area contributed by atoms with Crippen LogP contribution in [0.2, 0.25) is 5.02 Å². The van der Waals surface area contributed by atoms with E-state index in [-0.39, 0.29) is 0 Å². The van der Waals surface area contributed by atoms with Gasteiger partial charge in [0.25, 0.3) is 0 Å². The highest BCUT2D eigenvalue weighted by Crippen LogP contribution is 2.28. The molecule has 2 N–H and O–H groups in total. The minimum atomic E-state index is 0.503. The van der Waals surface area contributed by atoms with Crippen molar-refractivity contribution in [1.29, 1.82) is 0 Å². The minimum absolute atomic E-state index is 0.503. The molecule has 0 aliphatic heterocycles. The summed E-state index contributed by atoms with van der Waals surface area (Å²) in [6.07, 6.45) is 8.24. The standard InChI is InChI=1S/C20H22ClN3O/c21-14-3-8-18-19(9-10-22-20(18)12-14)24-16-6-4-15(5-7-16)23-13-17-2-1-11-25-17/h1-3,8-12,15-16,23H,4-7,13H2,(H,22,24). The summed E-state index contributed by atoms with van der Waals surface area (Å²) in [7, 11) is 0. The molecule has 25 heavy (non-hydrogen) atoms. The molecule has 1 aliphatic rings. The van der Waals surface area contributed by atoms with Crippen molar-refractivity contribution in [2.45, 2.75) is 44.3 Å². The van der Waals surface area contributed by atoms with Gasteiger partial charge in [0, 0.05) is 34.4 Å². The minimum Gasteiger partial charge on any atom is -0.468 e. The first kappa shape index (κ1) is 16.4. The average Bonchev–Trinajstić information content (AvgIpc) is 3.15. The molecule has 4 rings (SSSR count). The number of halogens is 1. The second-order valence-corrected chi connectivity index (χ2v) is 7.11. The first-order chi connectivity index (χ1) is 12.3. The molecule has 0 radical (unpaired) electrons. The predicted molar refractivity (Wildman–Crippen MR) is 102 cm³/mol. The molecule has 0 spiro atoms. The molecule has 0 bridgehead atoms. The molecule has 1 saturated carbocycles. The van der Waals surface area contributed by atoms with Gasteiger partial charge in [-0.05, 0) is 62.1 Å². The Hall–Kier alpha value is -2.04. The first-order valence-corrected chi connectivity index (χ1v) is 9.22. The van der Waals surface area contributed by atoms with Crippen LogP contribution < -0.4 is 10.6 Å². The van der Waals surface area contributed by atoms with Gasteiger partial charge in [0.05, 0.1) is 18.3 Å². The van der Waals surface area contributed by atoms with Crippen LogP contribution in [0, 0.1) is 0 Å². The highest BCUT2D eigenvalue weighted by atomic mass is 35.5. The lowest BCUT2D eigenvalue weighted by Gasteiger charge is -2.30. The molecule has 2 heterocycles. The van der Waals surface area contributed by atoms with Gasteiger partial charge in [-0.1, -0.05) is 11.6 Å². The van der Waals surface area contributed by atoms with Crippen LogP contribution in [0.15, 0.2) is 53.3 Å². The molecule has 0 saturated heterocycles. The summed E-state index contributed by atoms with van der Waals surface area (Å²) in [4.78, 5) is 4.41. The van der Waals surface area contributed by atoms with E-state index >= 15 is 0 Å². The third-order valence-corrected chi connectivity index (χ3v) is 5.17. The highest BCUT2D eigenvalue weighted by Gasteiger charge is 2.21. The quantitative estimate of drug-likeness (QED) is 0.676. The Bertz CT molecular complexity index is 826. The van der Waals surface area contributed by atoms with Crippen molar-refractivity contribution < 1.29 is 4.42 Å². The fourth-order valence-corrected chi connectivity index (χ4v) is 3.73. The van der Waals surface area contributed by atoms with Crippen LogP contribution in [0.1, 0.15) is 31.4 Å². The number of pyridine rings is 1. The van der Waals surface area contributed by atoms with Crippen LogP contribution in [0.4, 0.5) is 5.69 Å². The molecule has 0 atom stereocenters. The number of fused-ring (bicyclic) bond motifs is 1. The van der Waals surface area contributed by atoms with E-state index in [9.17, 15) is 0 Å². The second kappa shape index (κ2) is 7.46. The third-order valence-electron chi connectivity index (χ3n) is 4.94. The summed E-state index contributed by atoms with van der Waals surface area (Å²) in [6, 6.07) is 13.0. The maximum Gasteiger partial charge on any atom is 0.117 e. The number of benzene rings is 1. The normalized spacial score (nSPS) is 20.7. The smallest absolute Gasteiger partial charge is 0.117 e. The van der Waals surface area contributed by atoms with Gasteiger partial charge in [-0.15, -0.1) is 0 Å². The summed E-state index contributed by atoms with van der Waals surface area (Å²) in [6.45, 7) is 0.811. The molecule has 130 valence electrons. The maximum atomic E-state index is 6.07. The van der Waals surface area contributed by atoms with Crippen LogP contribution in [0.5, 0.6) is 0 Å². The summed E-state index contributed by atoms with van der Waals surface area (Å²) in [5.74, 6) is 1.00. The van der Waals surface area contributed by atoms with Crippen molar-refractivity contribution in [2.75, 3.05) is 5.32 Å².